The molecule has 0 amide bonds. The van der Waals surface area contributed by atoms with Crippen molar-refractivity contribution in [3.63, 3.8) is 0 Å². The molecule has 16 heavy (non-hydrogen) atoms. The van der Waals surface area contributed by atoms with Gasteiger partial charge >= 0.3 is 5.38 Å². The van der Waals surface area contributed by atoms with Crippen molar-refractivity contribution in [1.29, 1.82) is 0 Å². The van der Waals surface area contributed by atoms with Gasteiger partial charge in [-0.1, -0.05) is 18.2 Å². The second-order valence-corrected chi connectivity index (χ2v) is 4.16. The summed E-state index contributed by atoms with van der Waals surface area (Å²) in [5.74, 6) is 0. The highest BCUT2D eigenvalue weighted by Gasteiger charge is 2.38. The number of hydrogen-bond donors (Lipinski definition) is 1. The van der Waals surface area contributed by atoms with Crippen LogP contribution in [0.25, 0.3) is 10.9 Å². The standard InChI is InChI=1S/C11H10ClF2NO/c1-15-6-8(10(16)11(12,13)14)7-4-2-3-5-9(7)15/h2-6,10,16H,1H3/t10-/m0/s1. The zero-order valence-electron chi connectivity index (χ0n) is 8.49. The van der Waals surface area contributed by atoms with Crippen molar-refractivity contribution in [2.45, 2.75) is 11.5 Å². The Morgan fingerprint density at radius 3 is 2.62 bits per heavy atom. The SMILES string of the molecule is Cn1cc([C@H](O)C(F)(F)Cl)c2ccccc21. The van der Waals surface area contributed by atoms with Gasteiger partial charge in [0.15, 0.2) is 6.10 Å². The average molecular weight is 246 g/mol. The number of fused-ring (bicyclic) bond motifs is 1. The van der Waals surface area contributed by atoms with Crippen LogP contribution in [0.2, 0.25) is 0 Å². The quantitative estimate of drug-likeness (QED) is 0.809. The van der Waals surface area contributed by atoms with Crippen molar-refractivity contribution in [3.05, 3.63) is 36.0 Å². The topological polar surface area (TPSA) is 25.2 Å². The van der Waals surface area contributed by atoms with Crippen LogP contribution in [-0.4, -0.2) is 15.1 Å². The van der Waals surface area contributed by atoms with E-state index in [1.165, 1.54) is 6.20 Å². The van der Waals surface area contributed by atoms with Crippen LogP contribution in [0.3, 0.4) is 0 Å². The van der Waals surface area contributed by atoms with Crippen molar-refractivity contribution in [3.8, 4) is 0 Å². The maximum atomic E-state index is 12.8. The number of hydrogen-bond acceptors (Lipinski definition) is 1. The summed E-state index contributed by atoms with van der Waals surface area (Å²) < 4.78 is 27.4. The van der Waals surface area contributed by atoms with Crippen LogP contribution in [0.1, 0.15) is 11.7 Å². The maximum absolute atomic E-state index is 12.8. The molecule has 2 nitrogen and oxygen atoms in total. The molecule has 1 atom stereocenters. The molecule has 0 spiro atoms. The van der Waals surface area contributed by atoms with E-state index < -0.39 is 11.5 Å². The number of aromatic nitrogens is 1. The highest BCUT2D eigenvalue weighted by atomic mass is 35.5. The number of rotatable bonds is 2. The first kappa shape index (κ1) is 11.4. The van der Waals surface area contributed by atoms with Gasteiger partial charge in [-0.05, 0) is 17.7 Å². The lowest BCUT2D eigenvalue weighted by Gasteiger charge is -2.14. The number of alkyl halides is 3. The molecular formula is C11H10ClF2NO. The van der Waals surface area contributed by atoms with Crippen LogP contribution in [-0.2, 0) is 7.05 Å². The van der Waals surface area contributed by atoms with Crippen LogP contribution in [0.15, 0.2) is 30.5 Å². The van der Waals surface area contributed by atoms with E-state index >= 15 is 0 Å². The lowest BCUT2D eigenvalue weighted by molar-refractivity contribution is -0.0417. The summed E-state index contributed by atoms with van der Waals surface area (Å²) in [6, 6.07) is 7.00. The van der Waals surface area contributed by atoms with Gasteiger partial charge in [0.25, 0.3) is 0 Å². The third kappa shape index (κ3) is 1.79. The summed E-state index contributed by atoms with van der Waals surface area (Å²) in [5.41, 5.74) is 0.913. The number of benzene rings is 1. The number of halogens is 3. The van der Waals surface area contributed by atoms with Gasteiger partial charge in [0.2, 0.25) is 0 Å². The normalized spacial score (nSPS) is 14.3. The van der Waals surface area contributed by atoms with Crippen LogP contribution in [0.5, 0.6) is 0 Å². The van der Waals surface area contributed by atoms with E-state index in [0.29, 0.717) is 5.39 Å². The number of nitrogens with zero attached hydrogens (tertiary/aromatic N) is 1. The minimum Gasteiger partial charge on any atom is -0.381 e. The first-order valence-electron chi connectivity index (χ1n) is 4.70. The molecule has 0 aliphatic rings. The average Bonchev–Trinajstić information content (AvgIpc) is 2.55. The Hall–Kier alpha value is -1.13. The van der Waals surface area contributed by atoms with Crippen LogP contribution in [0.4, 0.5) is 8.78 Å². The molecule has 0 fully saturated rings. The summed E-state index contributed by atoms with van der Waals surface area (Å²) in [6.45, 7) is 0. The van der Waals surface area contributed by atoms with Gasteiger partial charge in [-0.3, -0.25) is 0 Å². The Balaban J connectivity index is 2.62. The van der Waals surface area contributed by atoms with Crippen molar-refractivity contribution in [2.75, 3.05) is 0 Å². The number of aliphatic hydroxyl groups excluding tert-OH is 1. The lowest BCUT2D eigenvalue weighted by Crippen LogP contribution is -2.18. The van der Waals surface area contributed by atoms with Gasteiger partial charge in [-0.15, -0.1) is 0 Å². The van der Waals surface area contributed by atoms with E-state index in [9.17, 15) is 13.9 Å². The molecule has 1 heterocycles. The molecule has 1 aromatic carbocycles. The van der Waals surface area contributed by atoms with Gasteiger partial charge in [-0.25, -0.2) is 0 Å². The van der Waals surface area contributed by atoms with Crippen molar-refractivity contribution in [1.82, 2.24) is 4.57 Å². The van der Waals surface area contributed by atoms with Crippen LogP contribution in [0, 0.1) is 0 Å². The van der Waals surface area contributed by atoms with E-state index in [1.54, 1.807) is 35.9 Å². The molecule has 2 rings (SSSR count). The molecule has 0 aliphatic carbocycles. The summed E-state index contributed by atoms with van der Waals surface area (Å²) in [6.07, 6.45) is -0.536. The summed E-state index contributed by atoms with van der Waals surface area (Å²) in [7, 11) is 1.73. The number of aryl methyl sites for hydroxylation is 1. The lowest BCUT2D eigenvalue weighted by atomic mass is 10.1. The Labute approximate surface area is 96.1 Å². The summed E-state index contributed by atoms with van der Waals surface area (Å²) in [4.78, 5) is 0. The highest BCUT2D eigenvalue weighted by Crippen LogP contribution is 2.38. The monoisotopic (exact) mass is 245 g/mol. The number of aliphatic hydroxyl groups is 1. The fourth-order valence-corrected chi connectivity index (χ4v) is 1.88. The second kappa shape index (κ2) is 3.71. The molecule has 0 saturated heterocycles. The molecule has 0 bridgehead atoms. The minimum absolute atomic E-state index is 0.137. The minimum atomic E-state index is -3.66. The zero-order valence-corrected chi connectivity index (χ0v) is 9.25. The van der Waals surface area contributed by atoms with E-state index in [0.717, 1.165) is 5.52 Å². The first-order chi connectivity index (χ1) is 7.41. The fourth-order valence-electron chi connectivity index (χ4n) is 1.77. The summed E-state index contributed by atoms with van der Waals surface area (Å²) in [5, 5.41) is 6.39. The molecule has 0 aliphatic heterocycles. The van der Waals surface area contributed by atoms with Crippen molar-refractivity contribution in [2.24, 2.45) is 7.05 Å². The van der Waals surface area contributed by atoms with E-state index in [1.807, 2.05) is 0 Å². The largest absolute Gasteiger partial charge is 0.381 e. The van der Waals surface area contributed by atoms with E-state index in [2.05, 4.69) is 0 Å². The van der Waals surface area contributed by atoms with Gasteiger partial charge in [-0.2, -0.15) is 8.78 Å². The Kier molecular flexibility index (Phi) is 2.64. The third-order valence-corrected chi connectivity index (χ3v) is 2.74. The predicted octanol–water partition coefficient (Wildman–Crippen LogP) is 3.04. The molecular weight excluding hydrogens is 236 g/mol. The van der Waals surface area contributed by atoms with E-state index in [4.69, 9.17) is 11.6 Å². The highest BCUT2D eigenvalue weighted by molar-refractivity contribution is 6.22. The molecule has 86 valence electrons. The predicted molar refractivity (Wildman–Crippen MR) is 58.7 cm³/mol. The Morgan fingerprint density at radius 2 is 2.00 bits per heavy atom. The number of para-hydroxylation sites is 1. The molecule has 1 N–H and O–H groups in total. The van der Waals surface area contributed by atoms with Gasteiger partial charge in [0, 0.05) is 29.7 Å². The maximum Gasteiger partial charge on any atom is 0.351 e. The molecule has 0 unspecified atom stereocenters. The molecule has 2 aromatic rings. The zero-order chi connectivity index (χ0) is 11.9. The fraction of sp³-hybridized carbons (Fsp3) is 0.273. The van der Waals surface area contributed by atoms with Crippen LogP contribution >= 0.6 is 11.6 Å². The Bertz CT molecular complexity index is 518. The first-order valence-corrected chi connectivity index (χ1v) is 5.08. The van der Waals surface area contributed by atoms with Crippen molar-refractivity contribution >= 4 is 22.5 Å². The smallest absolute Gasteiger partial charge is 0.351 e. The molecule has 0 radical (unpaired) electrons. The van der Waals surface area contributed by atoms with Gasteiger partial charge in [0.1, 0.15) is 0 Å². The van der Waals surface area contributed by atoms with Crippen LogP contribution < -0.4 is 0 Å². The molecule has 5 heteroatoms. The van der Waals surface area contributed by atoms with E-state index in [-0.39, 0.29) is 5.56 Å². The third-order valence-electron chi connectivity index (χ3n) is 2.53. The molecule has 0 saturated carbocycles. The molecule has 1 aromatic heterocycles. The van der Waals surface area contributed by atoms with Crippen molar-refractivity contribution < 1.29 is 13.9 Å². The van der Waals surface area contributed by atoms with Gasteiger partial charge in [0.05, 0.1) is 0 Å². The Morgan fingerprint density at radius 1 is 1.38 bits per heavy atom. The summed E-state index contributed by atoms with van der Waals surface area (Å²) >= 11 is 4.84. The second-order valence-electron chi connectivity index (χ2n) is 3.66. The van der Waals surface area contributed by atoms with Gasteiger partial charge < -0.3 is 9.67 Å².